The molecule has 0 amide bonds. The monoisotopic (exact) mass is 736 g/mol. The molecular formula is C36H25IrN5O-2. The number of nitrogens with zero attached hydrogens (tertiary/aromatic N) is 5. The fourth-order valence-electron chi connectivity index (χ4n) is 5.04. The van der Waals surface area contributed by atoms with Crippen molar-refractivity contribution in [3.8, 4) is 28.3 Å². The van der Waals surface area contributed by atoms with Crippen molar-refractivity contribution in [3.63, 3.8) is 0 Å². The second-order valence-electron chi connectivity index (χ2n) is 9.91. The van der Waals surface area contributed by atoms with Gasteiger partial charge < -0.3 is 14.0 Å². The number of para-hydroxylation sites is 1. The van der Waals surface area contributed by atoms with Gasteiger partial charge in [-0.05, 0) is 55.9 Å². The van der Waals surface area contributed by atoms with Gasteiger partial charge in [0.05, 0.1) is 28.6 Å². The summed E-state index contributed by atoms with van der Waals surface area (Å²) in [6.45, 7) is 3.95. The van der Waals surface area contributed by atoms with Gasteiger partial charge in [-0.15, -0.1) is 54.1 Å². The first-order valence-electron chi connectivity index (χ1n) is 13.7. The molecule has 0 aliphatic heterocycles. The molecule has 0 saturated carbocycles. The molecule has 0 unspecified atom stereocenters. The van der Waals surface area contributed by atoms with E-state index in [-0.39, 0.29) is 20.1 Å². The number of fused-ring (bicyclic) bond motifs is 4. The van der Waals surface area contributed by atoms with Gasteiger partial charge in [0.2, 0.25) is 5.71 Å². The Bertz CT molecular complexity index is 2120. The topological polar surface area (TPSA) is 69.6 Å². The summed E-state index contributed by atoms with van der Waals surface area (Å²) in [5, 5.41) is 2.00. The van der Waals surface area contributed by atoms with Crippen LogP contribution >= 0.6 is 0 Å². The van der Waals surface area contributed by atoms with Crippen molar-refractivity contribution in [2.45, 2.75) is 13.8 Å². The minimum absolute atomic E-state index is 0. The summed E-state index contributed by atoms with van der Waals surface area (Å²) in [4.78, 5) is 18.1. The first-order chi connectivity index (χ1) is 20.7. The molecule has 0 fully saturated rings. The zero-order valence-electron chi connectivity index (χ0n) is 23.4. The van der Waals surface area contributed by atoms with Crippen LogP contribution in [0.5, 0.6) is 0 Å². The number of rotatable bonds is 3. The molecule has 0 saturated heterocycles. The Balaban J connectivity index is 0.000000213. The van der Waals surface area contributed by atoms with E-state index in [9.17, 15) is 0 Å². The van der Waals surface area contributed by atoms with Crippen LogP contribution in [0, 0.1) is 26.0 Å². The summed E-state index contributed by atoms with van der Waals surface area (Å²) >= 11 is 0. The van der Waals surface area contributed by atoms with Crippen molar-refractivity contribution in [3.05, 3.63) is 139 Å². The van der Waals surface area contributed by atoms with Gasteiger partial charge in [-0.25, -0.2) is 4.98 Å². The van der Waals surface area contributed by atoms with Crippen molar-refractivity contribution < 1.29 is 24.5 Å². The summed E-state index contributed by atoms with van der Waals surface area (Å²) in [6.07, 6.45) is 3.60. The maximum atomic E-state index is 6.22. The minimum Gasteiger partial charge on any atom is -0.486 e. The molecule has 8 rings (SSSR count). The van der Waals surface area contributed by atoms with Crippen LogP contribution in [0.3, 0.4) is 0 Å². The average Bonchev–Trinajstić information content (AvgIpc) is 3.60. The van der Waals surface area contributed by atoms with E-state index in [2.05, 4.69) is 55.9 Å². The molecule has 1 radical (unpaired) electrons. The Morgan fingerprint density at radius 1 is 0.721 bits per heavy atom. The SMILES string of the molecule is Cc1cc2c(cn1)nc(-c1[c-]ccc3c1oc1nc(C)ccc13)n2-c1ccccc1.[Ir].[c-]1ccccc1-c1ccccn1. The molecule has 211 valence electrons. The van der Waals surface area contributed by atoms with Crippen molar-refractivity contribution in [1.29, 1.82) is 0 Å². The summed E-state index contributed by atoms with van der Waals surface area (Å²) in [6, 6.07) is 40.4. The average molecular weight is 736 g/mol. The number of hydrogen-bond donors (Lipinski definition) is 0. The van der Waals surface area contributed by atoms with Crippen molar-refractivity contribution in [1.82, 2.24) is 24.5 Å². The van der Waals surface area contributed by atoms with Crippen molar-refractivity contribution >= 4 is 33.1 Å². The molecule has 0 spiro atoms. The van der Waals surface area contributed by atoms with Crippen LogP contribution < -0.4 is 0 Å². The Labute approximate surface area is 262 Å². The third-order valence-electron chi connectivity index (χ3n) is 7.00. The number of hydrogen-bond acceptors (Lipinski definition) is 5. The molecule has 0 aliphatic rings. The summed E-state index contributed by atoms with van der Waals surface area (Å²) in [5.41, 5.74) is 8.90. The van der Waals surface area contributed by atoms with Crippen LogP contribution in [0.15, 0.2) is 120 Å². The number of pyridine rings is 3. The van der Waals surface area contributed by atoms with E-state index in [0.29, 0.717) is 5.71 Å². The number of aryl methyl sites for hydroxylation is 2. The molecule has 3 aromatic carbocycles. The van der Waals surface area contributed by atoms with Crippen LogP contribution in [-0.2, 0) is 20.1 Å². The van der Waals surface area contributed by atoms with E-state index < -0.39 is 0 Å². The van der Waals surface area contributed by atoms with E-state index in [1.165, 1.54) is 0 Å². The quantitative estimate of drug-likeness (QED) is 0.171. The maximum absolute atomic E-state index is 6.22. The third-order valence-corrected chi connectivity index (χ3v) is 7.00. The van der Waals surface area contributed by atoms with Crippen molar-refractivity contribution in [2.75, 3.05) is 0 Å². The summed E-state index contributed by atoms with van der Waals surface area (Å²) in [5.74, 6) is 0.768. The maximum Gasteiger partial charge on any atom is 0.216 e. The largest absolute Gasteiger partial charge is 0.486 e. The number of benzene rings is 3. The van der Waals surface area contributed by atoms with Crippen LogP contribution in [0.25, 0.3) is 61.4 Å². The first-order valence-corrected chi connectivity index (χ1v) is 13.7. The fraction of sp³-hybridized carbons (Fsp3) is 0.0556. The number of imidazole rings is 1. The summed E-state index contributed by atoms with van der Waals surface area (Å²) in [7, 11) is 0. The zero-order chi connectivity index (χ0) is 28.5. The first kappa shape index (κ1) is 28.2. The normalized spacial score (nSPS) is 10.8. The molecule has 6 nitrogen and oxygen atoms in total. The van der Waals surface area contributed by atoms with E-state index in [1.54, 1.807) is 6.20 Å². The summed E-state index contributed by atoms with van der Waals surface area (Å²) < 4.78 is 8.36. The second-order valence-corrected chi connectivity index (χ2v) is 9.91. The van der Waals surface area contributed by atoms with Gasteiger partial charge in [0.25, 0.3) is 0 Å². The predicted octanol–water partition coefficient (Wildman–Crippen LogP) is 8.35. The fourth-order valence-corrected chi connectivity index (χ4v) is 5.04. The molecule has 0 N–H and O–H groups in total. The van der Waals surface area contributed by atoms with Gasteiger partial charge in [-0.3, -0.25) is 9.97 Å². The van der Waals surface area contributed by atoms with Crippen LogP contribution in [0.4, 0.5) is 0 Å². The van der Waals surface area contributed by atoms with Gasteiger partial charge in [-0.2, -0.15) is 0 Å². The second kappa shape index (κ2) is 12.1. The number of aromatic nitrogens is 5. The van der Waals surface area contributed by atoms with Gasteiger partial charge in [0.1, 0.15) is 0 Å². The molecular weight excluding hydrogens is 711 g/mol. The van der Waals surface area contributed by atoms with E-state index in [4.69, 9.17) is 9.40 Å². The van der Waals surface area contributed by atoms with E-state index >= 15 is 0 Å². The number of furan rings is 1. The molecule has 0 atom stereocenters. The molecule has 5 aromatic heterocycles. The molecule has 0 aliphatic carbocycles. The van der Waals surface area contributed by atoms with Crippen LogP contribution in [0.1, 0.15) is 11.4 Å². The standard InChI is InChI=1S/C25H17N4O.C11H8N.Ir/c1-15-11-12-19-18-9-6-10-20(23(18)30-25(19)27-15)24-28-21-14-26-16(2)13-22(21)29(24)17-7-4-3-5-8-17;1-2-6-10(7-3-1)11-8-4-5-9-12-11;/h3-9,11-14H,1-2H3;1-6,8-9H;/q2*-1;. The van der Waals surface area contributed by atoms with Gasteiger partial charge in [0, 0.05) is 48.8 Å². The zero-order valence-corrected chi connectivity index (χ0v) is 25.8. The van der Waals surface area contributed by atoms with Crippen LogP contribution in [-0.4, -0.2) is 24.5 Å². The minimum atomic E-state index is 0. The van der Waals surface area contributed by atoms with E-state index in [1.807, 2.05) is 98.9 Å². The Kier molecular flexibility index (Phi) is 7.92. The molecule has 5 heterocycles. The third kappa shape index (κ3) is 5.48. The van der Waals surface area contributed by atoms with E-state index in [0.717, 1.165) is 67.1 Å². The van der Waals surface area contributed by atoms with Gasteiger partial charge in [-0.1, -0.05) is 41.3 Å². The van der Waals surface area contributed by atoms with Gasteiger partial charge >= 0.3 is 0 Å². The Morgan fingerprint density at radius 2 is 1.56 bits per heavy atom. The van der Waals surface area contributed by atoms with Crippen molar-refractivity contribution in [2.24, 2.45) is 0 Å². The Morgan fingerprint density at radius 3 is 2.35 bits per heavy atom. The molecule has 7 heteroatoms. The molecule has 0 bridgehead atoms. The predicted molar refractivity (Wildman–Crippen MR) is 166 cm³/mol. The molecule has 43 heavy (non-hydrogen) atoms. The Hall–Kier alpha value is -4.97. The van der Waals surface area contributed by atoms with Gasteiger partial charge in [0.15, 0.2) is 0 Å². The smallest absolute Gasteiger partial charge is 0.216 e. The molecule has 8 aromatic rings. The van der Waals surface area contributed by atoms with Crippen LogP contribution in [0.2, 0.25) is 0 Å².